The van der Waals surface area contributed by atoms with Crippen LogP contribution in [0.15, 0.2) is 24.3 Å². The molecule has 0 atom stereocenters. The molecule has 0 aliphatic carbocycles. The van der Waals surface area contributed by atoms with E-state index in [1.54, 1.807) is 12.1 Å². The van der Waals surface area contributed by atoms with Crippen molar-refractivity contribution in [2.75, 3.05) is 11.9 Å². The van der Waals surface area contributed by atoms with Gasteiger partial charge in [0.25, 0.3) is 0 Å². The molecule has 6 heteroatoms. The molecule has 124 valence electrons. The van der Waals surface area contributed by atoms with Gasteiger partial charge in [-0.3, -0.25) is 4.79 Å². The molecule has 1 rings (SSSR count). The van der Waals surface area contributed by atoms with Crippen molar-refractivity contribution in [3.63, 3.8) is 0 Å². The molecule has 0 aromatic heterocycles. The minimum atomic E-state index is -2.88. The van der Waals surface area contributed by atoms with E-state index in [1.807, 2.05) is 0 Å². The van der Waals surface area contributed by atoms with Crippen molar-refractivity contribution in [3.05, 3.63) is 24.3 Å². The summed E-state index contributed by atoms with van der Waals surface area (Å²) in [6.45, 7) is 1.54. The number of hydrogen-bond acceptors (Lipinski definition) is 3. The summed E-state index contributed by atoms with van der Waals surface area (Å²) in [5, 5.41) is 5.89. The summed E-state index contributed by atoms with van der Waals surface area (Å²) < 4.78 is 28.6. The number of benzene rings is 1. The number of nitrogens with one attached hydrogen (secondary N) is 2. The molecular weight excluding hydrogens is 290 g/mol. The van der Waals surface area contributed by atoms with Crippen LogP contribution in [-0.2, 0) is 4.79 Å². The van der Waals surface area contributed by atoms with Gasteiger partial charge in [-0.2, -0.15) is 8.78 Å². The Morgan fingerprint density at radius 2 is 1.91 bits per heavy atom. The quantitative estimate of drug-likeness (QED) is 0.691. The predicted octanol–water partition coefficient (Wildman–Crippen LogP) is 3.78. The third-order valence-corrected chi connectivity index (χ3v) is 3.17. The Balaban J connectivity index is 2.47. The average molecular weight is 314 g/mol. The van der Waals surface area contributed by atoms with E-state index >= 15 is 0 Å². The summed E-state index contributed by atoms with van der Waals surface area (Å²) in [5.74, 6) is -0.179. The average Bonchev–Trinajstić information content (AvgIpc) is 2.45. The summed E-state index contributed by atoms with van der Waals surface area (Å²) in [4.78, 5) is 11.9. The number of halogens is 2. The van der Waals surface area contributed by atoms with E-state index in [-0.39, 0.29) is 18.2 Å². The Labute approximate surface area is 130 Å². The molecule has 0 spiro atoms. The maximum atomic E-state index is 12.1. The van der Waals surface area contributed by atoms with Crippen molar-refractivity contribution >= 4 is 11.6 Å². The molecule has 0 unspecified atom stereocenters. The number of carbonyl (C=O) groups excluding carboxylic acids is 1. The molecule has 2 N–H and O–H groups in total. The van der Waals surface area contributed by atoms with E-state index in [2.05, 4.69) is 29.2 Å². The molecule has 4 nitrogen and oxygen atoms in total. The fraction of sp³-hybridized carbons (Fsp3) is 0.562. The molecule has 0 saturated heterocycles. The lowest BCUT2D eigenvalue weighted by Gasteiger charge is -2.17. The fourth-order valence-corrected chi connectivity index (χ4v) is 2.24. The third kappa shape index (κ3) is 7.36. The SMILES string of the molecule is CCCC(CCC)NCC(=O)Nc1cccc(OC(F)F)c1. The molecular formula is C16H24F2N2O2. The van der Waals surface area contributed by atoms with Crippen molar-refractivity contribution in [2.24, 2.45) is 0 Å². The molecule has 1 amide bonds. The number of alkyl halides is 2. The standard InChI is InChI=1S/C16H24F2N2O2/c1-3-6-12(7-4-2)19-11-15(21)20-13-8-5-9-14(10-13)22-16(17)18/h5,8-10,12,16,19H,3-4,6-7,11H2,1-2H3,(H,20,21). The normalized spacial score (nSPS) is 11.0. The zero-order chi connectivity index (χ0) is 16.4. The molecule has 0 fully saturated rings. The minimum Gasteiger partial charge on any atom is -0.435 e. The summed E-state index contributed by atoms with van der Waals surface area (Å²) >= 11 is 0. The van der Waals surface area contributed by atoms with Crippen LogP contribution < -0.4 is 15.4 Å². The minimum absolute atomic E-state index is 0.0237. The van der Waals surface area contributed by atoms with Gasteiger partial charge in [-0.15, -0.1) is 0 Å². The number of rotatable bonds is 10. The highest BCUT2D eigenvalue weighted by Crippen LogP contribution is 2.19. The molecule has 0 radical (unpaired) electrons. The van der Waals surface area contributed by atoms with E-state index in [4.69, 9.17) is 0 Å². The lowest BCUT2D eigenvalue weighted by atomic mass is 10.1. The summed E-state index contributed by atoms with van der Waals surface area (Å²) in [7, 11) is 0. The van der Waals surface area contributed by atoms with Crippen molar-refractivity contribution in [1.82, 2.24) is 5.32 Å². The first-order valence-corrected chi connectivity index (χ1v) is 7.63. The van der Waals surface area contributed by atoms with E-state index in [1.165, 1.54) is 12.1 Å². The highest BCUT2D eigenvalue weighted by molar-refractivity contribution is 5.92. The van der Waals surface area contributed by atoms with Gasteiger partial charge in [0.15, 0.2) is 0 Å². The van der Waals surface area contributed by atoms with Gasteiger partial charge in [-0.05, 0) is 25.0 Å². The second-order valence-corrected chi connectivity index (χ2v) is 5.11. The molecule has 0 heterocycles. The van der Waals surface area contributed by atoms with Crippen LogP contribution in [0.4, 0.5) is 14.5 Å². The van der Waals surface area contributed by atoms with E-state index in [9.17, 15) is 13.6 Å². The topological polar surface area (TPSA) is 50.4 Å². The smallest absolute Gasteiger partial charge is 0.387 e. The number of carbonyl (C=O) groups is 1. The van der Waals surface area contributed by atoms with Gasteiger partial charge in [0.2, 0.25) is 5.91 Å². The van der Waals surface area contributed by atoms with Crippen LogP contribution in [0, 0.1) is 0 Å². The molecule has 0 saturated carbocycles. The van der Waals surface area contributed by atoms with Crippen LogP contribution in [-0.4, -0.2) is 25.1 Å². The predicted molar refractivity (Wildman–Crippen MR) is 83.3 cm³/mol. The largest absolute Gasteiger partial charge is 0.435 e. The Bertz CT molecular complexity index is 450. The van der Waals surface area contributed by atoms with Crippen LogP contribution in [0.5, 0.6) is 5.75 Å². The van der Waals surface area contributed by atoms with Crippen molar-refractivity contribution in [1.29, 1.82) is 0 Å². The zero-order valence-electron chi connectivity index (χ0n) is 13.1. The Hall–Kier alpha value is -1.69. The molecule has 0 aliphatic heterocycles. The molecule has 0 bridgehead atoms. The molecule has 1 aromatic carbocycles. The van der Waals surface area contributed by atoms with Gasteiger partial charge in [-0.1, -0.05) is 32.8 Å². The summed E-state index contributed by atoms with van der Waals surface area (Å²) in [6.07, 6.45) is 4.18. The van der Waals surface area contributed by atoms with E-state index in [0.29, 0.717) is 11.7 Å². The highest BCUT2D eigenvalue weighted by Gasteiger charge is 2.10. The lowest BCUT2D eigenvalue weighted by molar-refractivity contribution is -0.115. The van der Waals surface area contributed by atoms with Crippen LogP contribution in [0.2, 0.25) is 0 Å². The van der Waals surface area contributed by atoms with Crippen molar-refractivity contribution < 1.29 is 18.3 Å². The zero-order valence-corrected chi connectivity index (χ0v) is 13.1. The summed E-state index contributed by atoms with van der Waals surface area (Å²) in [6, 6.07) is 6.30. The molecule has 22 heavy (non-hydrogen) atoms. The van der Waals surface area contributed by atoms with Crippen LogP contribution in [0.3, 0.4) is 0 Å². The van der Waals surface area contributed by atoms with Gasteiger partial charge in [0, 0.05) is 17.8 Å². The Kier molecular flexibility index (Phi) is 8.43. The monoisotopic (exact) mass is 314 g/mol. The molecule has 0 aliphatic rings. The van der Waals surface area contributed by atoms with Crippen molar-refractivity contribution in [2.45, 2.75) is 52.2 Å². The van der Waals surface area contributed by atoms with E-state index < -0.39 is 6.61 Å². The molecule has 1 aromatic rings. The number of ether oxygens (including phenoxy) is 1. The maximum Gasteiger partial charge on any atom is 0.387 e. The van der Waals surface area contributed by atoms with Gasteiger partial charge in [0.05, 0.1) is 6.54 Å². The highest BCUT2D eigenvalue weighted by atomic mass is 19.3. The first kappa shape index (κ1) is 18.4. The maximum absolute atomic E-state index is 12.1. The first-order valence-electron chi connectivity index (χ1n) is 7.63. The van der Waals surface area contributed by atoms with Crippen LogP contribution >= 0.6 is 0 Å². The number of hydrogen-bond donors (Lipinski definition) is 2. The van der Waals surface area contributed by atoms with Gasteiger partial charge < -0.3 is 15.4 Å². The Morgan fingerprint density at radius 1 is 1.23 bits per heavy atom. The first-order chi connectivity index (χ1) is 10.5. The van der Waals surface area contributed by atoms with Gasteiger partial charge >= 0.3 is 6.61 Å². The lowest BCUT2D eigenvalue weighted by Crippen LogP contribution is -2.36. The second-order valence-electron chi connectivity index (χ2n) is 5.11. The number of anilines is 1. The Morgan fingerprint density at radius 3 is 2.50 bits per heavy atom. The fourth-order valence-electron chi connectivity index (χ4n) is 2.24. The number of amides is 1. The summed E-state index contributed by atoms with van der Waals surface area (Å²) in [5.41, 5.74) is 0.437. The van der Waals surface area contributed by atoms with Gasteiger partial charge in [0.1, 0.15) is 5.75 Å². The second kappa shape index (κ2) is 10.1. The van der Waals surface area contributed by atoms with E-state index in [0.717, 1.165) is 25.7 Å². The third-order valence-electron chi connectivity index (χ3n) is 3.17. The van der Waals surface area contributed by atoms with Crippen LogP contribution in [0.1, 0.15) is 39.5 Å². The van der Waals surface area contributed by atoms with Crippen molar-refractivity contribution in [3.8, 4) is 5.75 Å². The van der Waals surface area contributed by atoms with Gasteiger partial charge in [-0.25, -0.2) is 0 Å². The van der Waals surface area contributed by atoms with Crippen LogP contribution in [0.25, 0.3) is 0 Å².